The minimum absolute atomic E-state index is 0.00318. The third kappa shape index (κ3) is 3.97. The van der Waals surface area contributed by atoms with Gasteiger partial charge in [-0.1, -0.05) is 0 Å². The van der Waals surface area contributed by atoms with Gasteiger partial charge < -0.3 is 13.9 Å². The molecule has 23 heavy (non-hydrogen) atoms. The molecule has 0 bridgehead atoms. The molecule has 2 heterocycles. The van der Waals surface area contributed by atoms with Gasteiger partial charge in [0.05, 0.1) is 13.2 Å². The van der Waals surface area contributed by atoms with Gasteiger partial charge in [-0.05, 0) is 24.6 Å². The predicted molar refractivity (Wildman–Crippen MR) is 84.8 cm³/mol. The molecule has 1 aromatic heterocycles. The quantitative estimate of drug-likeness (QED) is 0.780. The first kappa shape index (κ1) is 15.7. The average Bonchev–Trinajstić information content (AvgIpc) is 2.53. The lowest BCUT2D eigenvalue weighted by atomic mass is 10.1. The first-order chi connectivity index (χ1) is 11.1. The summed E-state index contributed by atoms with van der Waals surface area (Å²) >= 11 is 0. The molecule has 0 spiro atoms. The second kappa shape index (κ2) is 6.93. The molecular formula is C17H19NO5. The summed E-state index contributed by atoms with van der Waals surface area (Å²) in [5.74, 6) is 0.451. The molecule has 6 nitrogen and oxygen atoms in total. The van der Waals surface area contributed by atoms with Crippen molar-refractivity contribution in [2.24, 2.45) is 0 Å². The number of benzene rings is 1. The number of carbonyl (C=O) groups is 1. The molecule has 0 atom stereocenters. The van der Waals surface area contributed by atoms with Gasteiger partial charge in [-0.3, -0.25) is 9.69 Å². The molecule has 1 aliphatic rings. The topological polar surface area (TPSA) is 69.0 Å². The van der Waals surface area contributed by atoms with E-state index in [9.17, 15) is 9.59 Å². The molecule has 1 saturated heterocycles. The Labute approximate surface area is 133 Å². The Morgan fingerprint density at radius 3 is 2.78 bits per heavy atom. The SMILES string of the molecule is CC(=O)COc1ccc2c(CN3CCOCC3)cc(=O)oc2c1. The zero-order valence-corrected chi connectivity index (χ0v) is 13.0. The fourth-order valence-corrected chi connectivity index (χ4v) is 2.62. The maximum Gasteiger partial charge on any atom is 0.336 e. The number of fused-ring (bicyclic) bond motifs is 1. The first-order valence-electron chi connectivity index (χ1n) is 7.61. The van der Waals surface area contributed by atoms with Gasteiger partial charge in [0, 0.05) is 37.2 Å². The van der Waals surface area contributed by atoms with E-state index >= 15 is 0 Å². The Morgan fingerprint density at radius 2 is 2.04 bits per heavy atom. The fourth-order valence-electron chi connectivity index (χ4n) is 2.62. The number of carbonyl (C=O) groups excluding carboxylic acids is 1. The van der Waals surface area contributed by atoms with Gasteiger partial charge in [0.2, 0.25) is 0 Å². The van der Waals surface area contributed by atoms with Crippen LogP contribution in [-0.4, -0.2) is 43.6 Å². The molecule has 122 valence electrons. The van der Waals surface area contributed by atoms with Crippen molar-refractivity contribution in [3.8, 4) is 5.75 Å². The van der Waals surface area contributed by atoms with Crippen LogP contribution in [0.15, 0.2) is 33.5 Å². The van der Waals surface area contributed by atoms with Gasteiger partial charge in [0.1, 0.15) is 17.9 Å². The summed E-state index contributed by atoms with van der Waals surface area (Å²) in [6, 6.07) is 6.84. The Morgan fingerprint density at radius 1 is 1.26 bits per heavy atom. The van der Waals surface area contributed by atoms with Crippen LogP contribution in [0, 0.1) is 0 Å². The predicted octanol–water partition coefficient (Wildman–Crippen LogP) is 1.59. The highest BCUT2D eigenvalue weighted by Crippen LogP contribution is 2.24. The zero-order valence-electron chi connectivity index (χ0n) is 13.0. The molecule has 3 rings (SSSR count). The van der Waals surface area contributed by atoms with E-state index in [0.29, 0.717) is 31.1 Å². The number of ketones is 1. The highest BCUT2D eigenvalue weighted by Gasteiger charge is 2.14. The number of hydrogen-bond acceptors (Lipinski definition) is 6. The van der Waals surface area contributed by atoms with E-state index in [4.69, 9.17) is 13.9 Å². The van der Waals surface area contributed by atoms with Crippen LogP contribution in [0.2, 0.25) is 0 Å². The van der Waals surface area contributed by atoms with E-state index in [1.807, 2.05) is 6.07 Å². The van der Waals surface area contributed by atoms with Gasteiger partial charge in [0.15, 0.2) is 5.78 Å². The highest BCUT2D eigenvalue weighted by atomic mass is 16.5. The van der Waals surface area contributed by atoms with E-state index in [1.54, 1.807) is 12.1 Å². The Balaban J connectivity index is 1.88. The van der Waals surface area contributed by atoms with Crippen molar-refractivity contribution < 1.29 is 18.7 Å². The lowest BCUT2D eigenvalue weighted by Gasteiger charge is -2.26. The molecule has 1 aromatic carbocycles. The lowest BCUT2D eigenvalue weighted by Crippen LogP contribution is -2.35. The van der Waals surface area contributed by atoms with Crippen molar-refractivity contribution >= 4 is 16.8 Å². The number of hydrogen-bond donors (Lipinski definition) is 0. The normalized spacial score (nSPS) is 15.7. The molecule has 0 aliphatic carbocycles. The number of morpholine rings is 1. The summed E-state index contributed by atoms with van der Waals surface area (Å²) in [6.45, 7) is 5.26. The van der Waals surface area contributed by atoms with Gasteiger partial charge in [-0.15, -0.1) is 0 Å². The van der Waals surface area contributed by atoms with Crippen LogP contribution in [0.3, 0.4) is 0 Å². The maximum absolute atomic E-state index is 11.8. The van der Waals surface area contributed by atoms with Crippen LogP contribution < -0.4 is 10.4 Å². The zero-order chi connectivity index (χ0) is 16.2. The van der Waals surface area contributed by atoms with Crippen LogP contribution in [0.5, 0.6) is 5.75 Å². The minimum Gasteiger partial charge on any atom is -0.486 e. The molecule has 0 radical (unpaired) electrons. The van der Waals surface area contributed by atoms with E-state index in [-0.39, 0.29) is 18.0 Å². The maximum atomic E-state index is 11.8. The van der Waals surface area contributed by atoms with Crippen molar-refractivity contribution in [2.75, 3.05) is 32.9 Å². The second-order valence-corrected chi connectivity index (χ2v) is 5.63. The van der Waals surface area contributed by atoms with Gasteiger partial charge in [0.25, 0.3) is 0 Å². The molecule has 2 aromatic rings. The molecule has 1 aliphatic heterocycles. The summed E-state index contributed by atoms with van der Waals surface area (Å²) < 4.78 is 16.0. The van der Waals surface area contributed by atoms with E-state index < -0.39 is 0 Å². The van der Waals surface area contributed by atoms with Crippen molar-refractivity contribution in [1.82, 2.24) is 4.90 Å². The largest absolute Gasteiger partial charge is 0.486 e. The van der Waals surface area contributed by atoms with Crippen LogP contribution in [0.4, 0.5) is 0 Å². The summed E-state index contributed by atoms with van der Waals surface area (Å²) in [7, 11) is 0. The van der Waals surface area contributed by atoms with Gasteiger partial charge in [-0.25, -0.2) is 4.79 Å². The molecule has 0 N–H and O–H groups in total. The van der Waals surface area contributed by atoms with E-state index in [2.05, 4.69) is 4.90 Å². The van der Waals surface area contributed by atoms with Crippen molar-refractivity contribution in [1.29, 1.82) is 0 Å². The van der Waals surface area contributed by atoms with Gasteiger partial charge in [-0.2, -0.15) is 0 Å². The van der Waals surface area contributed by atoms with E-state index in [1.165, 1.54) is 13.0 Å². The van der Waals surface area contributed by atoms with Crippen molar-refractivity contribution in [3.05, 3.63) is 40.2 Å². The summed E-state index contributed by atoms with van der Waals surface area (Å²) in [5.41, 5.74) is 1.02. The monoisotopic (exact) mass is 317 g/mol. The third-order valence-corrected chi connectivity index (χ3v) is 3.74. The second-order valence-electron chi connectivity index (χ2n) is 5.63. The average molecular weight is 317 g/mol. The minimum atomic E-state index is -0.385. The summed E-state index contributed by atoms with van der Waals surface area (Å²) in [4.78, 5) is 25.1. The first-order valence-corrected chi connectivity index (χ1v) is 7.61. The highest BCUT2D eigenvalue weighted by molar-refractivity contribution is 5.82. The van der Waals surface area contributed by atoms with Crippen LogP contribution in [-0.2, 0) is 16.1 Å². The number of Topliss-reactive ketones (excluding diaryl/α,β-unsaturated/α-hetero) is 1. The number of nitrogens with zero attached hydrogens (tertiary/aromatic N) is 1. The smallest absolute Gasteiger partial charge is 0.336 e. The fraction of sp³-hybridized carbons (Fsp3) is 0.412. The Kier molecular flexibility index (Phi) is 4.73. The Bertz CT molecular complexity index is 761. The van der Waals surface area contributed by atoms with Crippen LogP contribution >= 0.6 is 0 Å². The van der Waals surface area contributed by atoms with Crippen molar-refractivity contribution in [2.45, 2.75) is 13.5 Å². The molecule has 0 amide bonds. The lowest BCUT2D eigenvalue weighted by molar-refractivity contribution is -0.118. The summed E-state index contributed by atoms with van der Waals surface area (Å²) in [6.07, 6.45) is 0. The molecular weight excluding hydrogens is 298 g/mol. The number of rotatable bonds is 5. The van der Waals surface area contributed by atoms with Crippen molar-refractivity contribution in [3.63, 3.8) is 0 Å². The Hall–Kier alpha value is -2.18. The molecule has 0 saturated carbocycles. The number of ether oxygens (including phenoxy) is 2. The van der Waals surface area contributed by atoms with Crippen LogP contribution in [0.25, 0.3) is 11.0 Å². The van der Waals surface area contributed by atoms with Crippen LogP contribution in [0.1, 0.15) is 12.5 Å². The van der Waals surface area contributed by atoms with E-state index in [0.717, 1.165) is 24.0 Å². The molecule has 1 fully saturated rings. The summed E-state index contributed by atoms with van der Waals surface area (Å²) in [5, 5.41) is 0.881. The molecule has 0 unspecified atom stereocenters. The standard InChI is InChI=1S/C17H19NO5/c1-12(19)11-22-14-2-3-15-13(8-17(20)23-16(15)9-14)10-18-4-6-21-7-5-18/h2-3,8-9H,4-7,10-11H2,1H3. The van der Waals surface area contributed by atoms with Gasteiger partial charge >= 0.3 is 5.63 Å². The molecule has 6 heteroatoms. The third-order valence-electron chi connectivity index (χ3n) is 3.74.